The third-order valence-electron chi connectivity index (χ3n) is 6.81. The molecule has 9 heteroatoms. The van der Waals surface area contributed by atoms with Crippen LogP contribution in [0.5, 0.6) is 0 Å². The van der Waals surface area contributed by atoms with E-state index in [1.807, 2.05) is 39.0 Å². The van der Waals surface area contributed by atoms with E-state index in [2.05, 4.69) is 29.0 Å². The second kappa shape index (κ2) is 13.6. The maximum Gasteiger partial charge on any atom is 0.407 e. The molecule has 2 amide bonds. The number of anilines is 1. The molecule has 1 fully saturated rings. The highest BCUT2D eigenvalue weighted by Gasteiger charge is 2.25. The Morgan fingerprint density at radius 1 is 1.00 bits per heavy atom. The number of nitrogens with one attached hydrogen (secondary N) is 1. The van der Waals surface area contributed by atoms with Crippen molar-refractivity contribution in [2.75, 3.05) is 57.3 Å². The molecule has 1 aliphatic rings. The largest absolute Gasteiger partial charge is 0.444 e. The zero-order valence-electron chi connectivity index (χ0n) is 23.7. The Kier molecular flexibility index (Phi) is 10.6. The highest BCUT2D eigenvalue weighted by molar-refractivity contribution is 5.97. The molecule has 2 heterocycles. The van der Waals surface area contributed by atoms with Crippen LogP contribution in [-0.4, -0.2) is 79.8 Å². The minimum atomic E-state index is -0.581. The van der Waals surface area contributed by atoms with Crippen molar-refractivity contribution in [3.05, 3.63) is 40.2 Å². The monoisotopic (exact) mass is 528 g/mol. The van der Waals surface area contributed by atoms with Crippen molar-refractivity contribution in [2.24, 2.45) is 0 Å². The molecular formula is C29H44N4O5. The van der Waals surface area contributed by atoms with Gasteiger partial charge in [0.05, 0.1) is 0 Å². The smallest absolute Gasteiger partial charge is 0.407 e. The number of hydrogen-bond acceptors (Lipinski definition) is 7. The molecule has 9 nitrogen and oxygen atoms in total. The second-order valence-corrected chi connectivity index (χ2v) is 10.8. The summed E-state index contributed by atoms with van der Waals surface area (Å²) in [5.41, 5.74) is 0.542. The summed E-state index contributed by atoms with van der Waals surface area (Å²) in [6, 6.07) is 7.45. The second-order valence-electron chi connectivity index (χ2n) is 10.8. The van der Waals surface area contributed by atoms with E-state index in [-0.39, 0.29) is 17.6 Å². The lowest BCUT2D eigenvalue weighted by Crippen LogP contribution is -2.49. The summed E-state index contributed by atoms with van der Waals surface area (Å²) in [4.78, 5) is 43.8. The highest BCUT2D eigenvalue weighted by Crippen LogP contribution is 2.22. The Morgan fingerprint density at radius 2 is 1.68 bits per heavy atom. The summed E-state index contributed by atoms with van der Waals surface area (Å²) < 4.78 is 10.8. The number of ether oxygens (including phenoxy) is 1. The zero-order valence-corrected chi connectivity index (χ0v) is 23.7. The van der Waals surface area contributed by atoms with Crippen molar-refractivity contribution in [3.63, 3.8) is 0 Å². The molecule has 0 radical (unpaired) electrons. The lowest BCUT2D eigenvalue weighted by molar-refractivity contribution is 0.0526. The summed E-state index contributed by atoms with van der Waals surface area (Å²) >= 11 is 0. The summed E-state index contributed by atoms with van der Waals surface area (Å²) in [7, 11) is 0. The first kappa shape index (κ1) is 29.5. The number of benzene rings is 1. The van der Waals surface area contributed by atoms with E-state index in [0.717, 1.165) is 69.5 Å². The van der Waals surface area contributed by atoms with Gasteiger partial charge in [-0.1, -0.05) is 12.8 Å². The third kappa shape index (κ3) is 8.48. The molecule has 0 aliphatic carbocycles. The average Bonchev–Trinajstić information content (AvgIpc) is 2.87. The summed E-state index contributed by atoms with van der Waals surface area (Å²) in [6.45, 7) is 15.8. The van der Waals surface area contributed by atoms with Crippen LogP contribution in [0.15, 0.2) is 33.5 Å². The van der Waals surface area contributed by atoms with Crippen molar-refractivity contribution < 1.29 is 18.7 Å². The van der Waals surface area contributed by atoms with E-state index in [1.165, 1.54) is 0 Å². The van der Waals surface area contributed by atoms with Gasteiger partial charge in [0.25, 0.3) is 5.91 Å². The van der Waals surface area contributed by atoms with Crippen LogP contribution in [0.3, 0.4) is 0 Å². The average molecular weight is 529 g/mol. The molecule has 1 N–H and O–H groups in total. The summed E-state index contributed by atoms with van der Waals surface area (Å²) in [5, 5.41) is 3.55. The molecule has 3 rings (SSSR count). The third-order valence-corrected chi connectivity index (χ3v) is 6.81. The van der Waals surface area contributed by atoms with Gasteiger partial charge in [-0.05, 0) is 72.2 Å². The molecule has 210 valence electrons. The number of hydrogen-bond donors (Lipinski definition) is 1. The van der Waals surface area contributed by atoms with Crippen molar-refractivity contribution >= 4 is 28.7 Å². The molecular weight excluding hydrogens is 484 g/mol. The van der Waals surface area contributed by atoms with Crippen LogP contribution >= 0.6 is 0 Å². The van der Waals surface area contributed by atoms with E-state index in [4.69, 9.17) is 9.15 Å². The van der Waals surface area contributed by atoms with Crippen LogP contribution in [0.25, 0.3) is 11.0 Å². The minimum absolute atomic E-state index is 0.0986. The normalized spacial score (nSPS) is 14.5. The number of alkyl carbamates (subject to hydrolysis) is 1. The molecule has 1 aliphatic heterocycles. The Hall–Kier alpha value is -3.07. The van der Waals surface area contributed by atoms with Crippen LogP contribution in [0.1, 0.15) is 70.7 Å². The molecule has 0 unspecified atom stereocenters. The molecule has 38 heavy (non-hydrogen) atoms. The molecule has 0 atom stereocenters. The van der Waals surface area contributed by atoms with Crippen molar-refractivity contribution in [1.29, 1.82) is 0 Å². The first-order chi connectivity index (χ1) is 18.1. The van der Waals surface area contributed by atoms with E-state index in [0.29, 0.717) is 25.2 Å². The number of amides is 2. The standard InChI is InChI=1S/C29H44N4O5/c1-6-32(7-2)23-13-12-22-20-24(27(35)37-25(22)21-23)26(34)33-18-16-31(17-19-33)15-11-9-8-10-14-30-28(36)38-29(3,4)5/h12-13,20-21H,6-11,14-19H2,1-5H3,(H,30,36). The molecule has 1 saturated heterocycles. The van der Waals surface area contributed by atoms with Crippen molar-refractivity contribution in [2.45, 2.75) is 65.9 Å². The number of fused-ring (bicyclic) bond motifs is 1. The predicted octanol–water partition coefficient (Wildman–Crippen LogP) is 4.48. The first-order valence-electron chi connectivity index (χ1n) is 13.9. The van der Waals surface area contributed by atoms with Gasteiger partial charge < -0.3 is 24.3 Å². The van der Waals surface area contributed by atoms with E-state index in [9.17, 15) is 14.4 Å². The van der Waals surface area contributed by atoms with Crippen LogP contribution in [-0.2, 0) is 4.74 Å². The fraction of sp³-hybridized carbons (Fsp3) is 0.621. The highest BCUT2D eigenvalue weighted by atomic mass is 16.6. The molecule has 1 aromatic carbocycles. The van der Waals surface area contributed by atoms with Gasteiger partial charge in [0, 0.05) is 63.0 Å². The van der Waals surface area contributed by atoms with E-state index < -0.39 is 11.2 Å². The number of rotatable bonds is 11. The molecule has 0 spiro atoms. The van der Waals surface area contributed by atoms with Gasteiger partial charge in [-0.2, -0.15) is 0 Å². The lowest BCUT2D eigenvalue weighted by atomic mass is 10.1. The quantitative estimate of drug-likeness (QED) is 0.339. The predicted molar refractivity (Wildman–Crippen MR) is 151 cm³/mol. The number of carbonyl (C=O) groups excluding carboxylic acids is 2. The summed E-state index contributed by atoms with van der Waals surface area (Å²) in [5.74, 6) is -0.259. The first-order valence-corrected chi connectivity index (χ1v) is 13.9. The Labute approximate surface area is 226 Å². The number of carbonyl (C=O) groups is 2. The van der Waals surface area contributed by atoms with Gasteiger partial charge in [0.2, 0.25) is 0 Å². The number of piperazine rings is 1. The van der Waals surface area contributed by atoms with E-state index >= 15 is 0 Å². The maximum absolute atomic E-state index is 13.1. The topological polar surface area (TPSA) is 95.3 Å². The van der Waals surface area contributed by atoms with Gasteiger partial charge in [-0.3, -0.25) is 9.69 Å². The fourth-order valence-electron chi connectivity index (χ4n) is 4.70. The molecule has 2 aromatic rings. The van der Waals surface area contributed by atoms with Crippen molar-refractivity contribution in [1.82, 2.24) is 15.1 Å². The zero-order chi connectivity index (χ0) is 27.7. The van der Waals surface area contributed by atoms with Gasteiger partial charge in [0.15, 0.2) is 0 Å². The minimum Gasteiger partial charge on any atom is -0.444 e. The fourth-order valence-corrected chi connectivity index (χ4v) is 4.70. The maximum atomic E-state index is 13.1. The number of unbranched alkanes of at least 4 members (excludes halogenated alkanes) is 3. The van der Waals surface area contributed by atoms with Gasteiger partial charge >= 0.3 is 11.7 Å². The van der Waals surface area contributed by atoms with Crippen molar-refractivity contribution in [3.8, 4) is 0 Å². The van der Waals surface area contributed by atoms with Crippen LogP contribution in [0, 0.1) is 0 Å². The Morgan fingerprint density at radius 3 is 2.34 bits per heavy atom. The summed E-state index contributed by atoms with van der Waals surface area (Å²) in [6.07, 6.45) is 3.76. The SMILES string of the molecule is CCN(CC)c1ccc2cc(C(=O)N3CCN(CCCCCCNC(=O)OC(C)(C)C)CC3)c(=O)oc2c1. The lowest BCUT2D eigenvalue weighted by Gasteiger charge is -2.34. The Balaban J connectivity index is 1.41. The van der Waals surface area contributed by atoms with Gasteiger partial charge in [-0.25, -0.2) is 9.59 Å². The molecule has 0 saturated carbocycles. The van der Waals surface area contributed by atoms with Crippen LogP contribution in [0.2, 0.25) is 0 Å². The van der Waals surface area contributed by atoms with Gasteiger partial charge in [-0.15, -0.1) is 0 Å². The van der Waals surface area contributed by atoms with Gasteiger partial charge in [0.1, 0.15) is 16.7 Å². The molecule has 1 aromatic heterocycles. The Bertz CT molecular complexity index is 1130. The number of nitrogens with zero attached hydrogens (tertiary/aromatic N) is 3. The van der Waals surface area contributed by atoms with Crippen LogP contribution < -0.4 is 15.8 Å². The van der Waals surface area contributed by atoms with Crippen LogP contribution in [0.4, 0.5) is 10.5 Å². The molecule has 0 bridgehead atoms. The van der Waals surface area contributed by atoms with E-state index in [1.54, 1.807) is 11.0 Å².